The average Bonchev–Trinajstić information content (AvgIpc) is 3.47. The predicted molar refractivity (Wildman–Crippen MR) is 149 cm³/mol. The molecule has 2 heterocycles. The van der Waals surface area contributed by atoms with Gasteiger partial charge in [-0.05, 0) is 90.8 Å². The molecule has 5 nitrogen and oxygen atoms in total. The van der Waals surface area contributed by atoms with Crippen molar-refractivity contribution >= 4 is 17.3 Å². The number of nitrogens with zero attached hydrogens (tertiary/aromatic N) is 1. The Labute approximate surface area is 225 Å². The third-order valence-electron chi connectivity index (χ3n) is 7.78. The van der Waals surface area contributed by atoms with Gasteiger partial charge < -0.3 is 19.7 Å². The van der Waals surface area contributed by atoms with Gasteiger partial charge in [0.25, 0.3) is 5.91 Å². The molecule has 2 fully saturated rings. The van der Waals surface area contributed by atoms with E-state index in [0.717, 1.165) is 36.3 Å². The van der Waals surface area contributed by atoms with Crippen molar-refractivity contribution in [3.63, 3.8) is 0 Å². The molecule has 0 saturated carbocycles. The van der Waals surface area contributed by atoms with Crippen LogP contribution in [0, 0.1) is 17.7 Å². The van der Waals surface area contributed by atoms with Crippen molar-refractivity contribution in [2.24, 2.45) is 11.8 Å². The van der Waals surface area contributed by atoms with Crippen LogP contribution in [0.15, 0.2) is 72.8 Å². The fourth-order valence-electron chi connectivity index (χ4n) is 5.68. The highest BCUT2D eigenvalue weighted by atomic mass is 19.1. The number of amides is 1. The molecule has 6 heteroatoms. The monoisotopic (exact) mass is 516 g/mol. The summed E-state index contributed by atoms with van der Waals surface area (Å²) in [4.78, 5) is 14.9. The van der Waals surface area contributed by atoms with E-state index in [0.29, 0.717) is 18.3 Å². The van der Waals surface area contributed by atoms with Gasteiger partial charge in [0.05, 0.1) is 12.7 Å². The van der Waals surface area contributed by atoms with Crippen molar-refractivity contribution in [2.75, 3.05) is 36.5 Å². The lowest BCUT2D eigenvalue weighted by Crippen LogP contribution is -2.31. The first-order chi connectivity index (χ1) is 18.5. The molecular weight excluding hydrogens is 479 g/mol. The van der Waals surface area contributed by atoms with Gasteiger partial charge in [0.15, 0.2) is 6.61 Å². The molecule has 3 aromatic carbocycles. The molecule has 38 heavy (non-hydrogen) atoms. The fourth-order valence-corrected chi connectivity index (χ4v) is 5.68. The lowest BCUT2D eigenvalue weighted by atomic mass is 9.76. The van der Waals surface area contributed by atoms with E-state index in [-0.39, 0.29) is 36.3 Å². The fraction of sp³-hybridized carbons (Fsp3) is 0.406. The largest absolute Gasteiger partial charge is 0.484 e. The van der Waals surface area contributed by atoms with Crippen molar-refractivity contribution in [1.29, 1.82) is 0 Å². The minimum atomic E-state index is -0.210. The van der Waals surface area contributed by atoms with E-state index in [1.807, 2.05) is 36.4 Å². The number of carbonyl (C=O) groups is 1. The van der Waals surface area contributed by atoms with Crippen LogP contribution in [0.3, 0.4) is 0 Å². The van der Waals surface area contributed by atoms with Crippen LogP contribution in [0.4, 0.5) is 15.8 Å². The maximum absolute atomic E-state index is 13.8. The highest BCUT2D eigenvalue weighted by molar-refractivity contribution is 5.92. The zero-order chi connectivity index (χ0) is 26.5. The van der Waals surface area contributed by atoms with Crippen molar-refractivity contribution in [2.45, 2.75) is 45.1 Å². The first-order valence-electron chi connectivity index (χ1n) is 13.7. The maximum atomic E-state index is 13.8. The number of carbonyl (C=O) groups excluding carboxylic acids is 1. The van der Waals surface area contributed by atoms with E-state index < -0.39 is 0 Å². The lowest BCUT2D eigenvalue weighted by Gasteiger charge is -2.39. The zero-order valence-electron chi connectivity index (χ0n) is 22.2. The molecule has 1 amide bonds. The number of ether oxygens (including phenoxy) is 2. The van der Waals surface area contributed by atoms with Crippen LogP contribution in [0.2, 0.25) is 0 Å². The highest BCUT2D eigenvalue weighted by Crippen LogP contribution is 2.44. The topological polar surface area (TPSA) is 50.8 Å². The minimum absolute atomic E-state index is 0.0713. The number of hydrogen-bond acceptors (Lipinski definition) is 4. The lowest BCUT2D eigenvalue weighted by molar-refractivity contribution is -0.118. The summed E-state index contributed by atoms with van der Waals surface area (Å²) in [7, 11) is 0. The summed E-state index contributed by atoms with van der Waals surface area (Å²) in [5.74, 6) is 1.07. The Morgan fingerprint density at radius 2 is 1.76 bits per heavy atom. The second-order valence-corrected chi connectivity index (χ2v) is 10.8. The predicted octanol–water partition coefficient (Wildman–Crippen LogP) is 6.96. The maximum Gasteiger partial charge on any atom is 0.262 e. The third-order valence-corrected chi connectivity index (χ3v) is 7.78. The molecule has 0 bridgehead atoms. The summed E-state index contributed by atoms with van der Waals surface area (Å²) in [5, 5.41) is 2.92. The SMILES string of the molecule is CC(C)[C@@H]1C[C@H](c2cccc(F)c2)CO[C@H]1c1cccc(OCC(=O)Nc2ccc(N3CCCC3)cc2)c1. The van der Waals surface area contributed by atoms with Crippen LogP contribution in [0.25, 0.3) is 0 Å². The number of hydrogen-bond donors (Lipinski definition) is 1. The Kier molecular flexibility index (Phi) is 8.28. The normalized spacial score (nSPS) is 21.5. The Bertz CT molecular complexity index is 1220. The van der Waals surface area contributed by atoms with E-state index in [1.54, 1.807) is 12.1 Å². The highest BCUT2D eigenvalue weighted by Gasteiger charge is 2.35. The summed E-state index contributed by atoms with van der Waals surface area (Å²) in [6.45, 7) is 7.07. The van der Waals surface area contributed by atoms with Crippen molar-refractivity contribution in [1.82, 2.24) is 0 Å². The summed E-state index contributed by atoms with van der Waals surface area (Å²) in [6, 6.07) is 22.7. The zero-order valence-corrected chi connectivity index (χ0v) is 22.2. The van der Waals surface area contributed by atoms with Crippen LogP contribution in [-0.2, 0) is 9.53 Å². The molecule has 2 aliphatic heterocycles. The molecule has 0 aromatic heterocycles. The van der Waals surface area contributed by atoms with Gasteiger partial charge in [-0.15, -0.1) is 0 Å². The number of nitrogens with one attached hydrogen (secondary N) is 1. The van der Waals surface area contributed by atoms with Crippen molar-refractivity contribution < 1.29 is 18.7 Å². The molecule has 2 aliphatic rings. The molecule has 2 saturated heterocycles. The van der Waals surface area contributed by atoms with Gasteiger partial charge in [-0.2, -0.15) is 0 Å². The van der Waals surface area contributed by atoms with E-state index in [1.165, 1.54) is 24.6 Å². The molecule has 0 aliphatic carbocycles. The first-order valence-corrected chi connectivity index (χ1v) is 13.7. The van der Waals surface area contributed by atoms with Gasteiger partial charge in [-0.3, -0.25) is 4.79 Å². The Morgan fingerprint density at radius 3 is 2.50 bits per heavy atom. The van der Waals surface area contributed by atoms with E-state index >= 15 is 0 Å². The van der Waals surface area contributed by atoms with Gasteiger partial charge in [-0.25, -0.2) is 4.39 Å². The Morgan fingerprint density at radius 1 is 1.03 bits per heavy atom. The van der Waals surface area contributed by atoms with Crippen LogP contribution < -0.4 is 15.0 Å². The van der Waals surface area contributed by atoms with Crippen molar-refractivity contribution in [3.05, 3.63) is 89.7 Å². The summed E-state index contributed by atoms with van der Waals surface area (Å²) >= 11 is 0. The van der Waals surface area contributed by atoms with Crippen LogP contribution in [-0.4, -0.2) is 32.2 Å². The van der Waals surface area contributed by atoms with E-state index in [9.17, 15) is 9.18 Å². The van der Waals surface area contributed by atoms with Gasteiger partial charge in [-0.1, -0.05) is 38.1 Å². The quantitative estimate of drug-likeness (QED) is 0.352. The second-order valence-electron chi connectivity index (χ2n) is 10.8. The first kappa shape index (κ1) is 26.2. The molecule has 0 radical (unpaired) electrons. The smallest absolute Gasteiger partial charge is 0.262 e. The van der Waals surface area contributed by atoms with Crippen LogP contribution >= 0.6 is 0 Å². The van der Waals surface area contributed by atoms with Crippen molar-refractivity contribution in [3.8, 4) is 5.75 Å². The number of rotatable bonds is 8. The van der Waals surface area contributed by atoms with Gasteiger partial charge in [0.2, 0.25) is 0 Å². The molecule has 3 atom stereocenters. The number of anilines is 2. The molecule has 0 spiro atoms. The standard InChI is InChI=1S/C32H37FN2O3/c1-22(2)30-19-25(23-7-5-9-26(33)17-23)20-38-32(30)24-8-6-10-29(18-24)37-21-31(36)34-27-11-13-28(14-12-27)35-15-3-4-16-35/h5-14,17-18,22,25,30,32H,3-4,15-16,19-21H2,1-2H3,(H,34,36)/t25-,30-,32-/m0/s1. The van der Waals surface area contributed by atoms with E-state index in [4.69, 9.17) is 9.47 Å². The van der Waals surface area contributed by atoms with Crippen LogP contribution in [0.1, 0.15) is 56.3 Å². The second kappa shape index (κ2) is 12.0. The summed E-state index contributed by atoms with van der Waals surface area (Å²) < 4.78 is 26.1. The Hall–Kier alpha value is -3.38. The minimum Gasteiger partial charge on any atom is -0.484 e. The molecule has 3 aromatic rings. The summed E-state index contributed by atoms with van der Waals surface area (Å²) in [5.41, 5.74) is 3.98. The molecular formula is C32H37FN2O3. The van der Waals surface area contributed by atoms with Crippen LogP contribution in [0.5, 0.6) is 5.75 Å². The number of halogens is 1. The van der Waals surface area contributed by atoms with Gasteiger partial charge >= 0.3 is 0 Å². The average molecular weight is 517 g/mol. The Balaban J connectivity index is 1.18. The van der Waals surface area contributed by atoms with Gasteiger partial charge in [0.1, 0.15) is 11.6 Å². The summed E-state index contributed by atoms with van der Waals surface area (Å²) in [6.07, 6.45) is 3.32. The third kappa shape index (κ3) is 6.36. The molecule has 200 valence electrons. The number of benzene rings is 3. The van der Waals surface area contributed by atoms with Gasteiger partial charge in [0, 0.05) is 30.4 Å². The molecule has 1 N–H and O–H groups in total. The van der Waals surface area contributed by atoms with E-state index in [2.05, 4.69) is 42.3 Å². The molecule has 5 rings (SSSR count). The molecule has 0 unspecified atom stereocenters.